The molecule has 0 spiro atoms. The molecule has 1 N–H and O–H groups in total. The van der Waals surface area contributed by atoms with Crippen molar-refractivity contribution in [1.82, 2.24) is 5.43 Å². The topological polar surface area (TPSA) is 87.8 Å². The molecule has 2 aromatic carbocycles. The number of rotatable bonds is 6. The molecule has 7 heteroatoms. The summed E-state index contributed by atoms with van der Waals surface area (Å²) in [4.78, 5) is 24.0. The van der Waals surface area contributed by atoms with Gasteiger partial charge < -0.3 is 4.90 Å². The number of hydrogen-bond acceptors (Lipinski definition) is 5. The minimum Gasteiger partial charge on any atom is -0.378 e. The van der Waals surface area contributed by atoms with Crippen molar-refractivity contribution >= 4 is 29.6 Å². The lowest BCUT2D eigenvalue weighted by molar-refractivity contribution is -0.384. The van der Waals surface area contributed by atoms with Crippen molar-refractivity contribution in [1.29, 1.82) is 0 Å². The summed E-state index contributed by atoms with van der Waals surface area (Å²) in [5.41, 5.74) is 4.47. The molecule has 0 saturated heterocycles. The molecule has 0 fully saturated rings. The van der Waals surface area contributed by atoms with Crippen molar-refractivity contribution in [2.45, 2.75) is 0 Å². The summed E-state index contributed by atoms with van der Waals surface area (Å²) in [6.45, 7) is 0. The number of nitrogens with zero attached hydrogens (tertiary/aromatic N) is 3. The van der Waals surface area contributed by atoms with Crippen molar-refractivity contribution in [2.75, 3.05) is 19.0 Å². The number of benzene rings is 2. The Balaban J connectivity index is 1.91. The number of carbonyl (C=O) groups is 1. The van der Waals surface area contributed by atoms with Gasteiger partial charge in [0.2, 0.25) is 0 Å². The molecular weight excluding hydrogens is 320 g/mol. The van der Waals surface area contributed by atoms with E-state index >= 15 is 0 Å². The smallest absolute Gasteiger partial charge is 0.271 e. The SMILES string of the molecule is CN(C)c1ccc(/C=C/C=N/NC(=O)c2cccc([N+](=O)[O-])c2)cc1. The van der Waals surface area contributed by atoms with Gasteiger partial charge in [-0.2, -0.15) is 5.10 Å². The minimum absolute atomic E-state index is 0.141. The van der Waals surface area contributed by atoms with Crippen LogP contribution in [0, 0.1) is 10.1 Å². The normalized spacial score (nSPS) is 11.0. The van der Waals surface area contributed by atoms with Gasteiger partial charge in [-0.3, -0.25) is 14.9 Å². The zero-order valence-electron chi connectivity index (χ0n) is 13.9. The van der Waals surface area contributed by atoms with E-state index in [1.807, 2.05) is 49.3 Å². The fourth-order valence-corrected chi connectivity index (χ4v) is 2.00. The lowest BCUT2D eigenvalue weighted by Crippen LogP contribution is -2.17. The van der Waals surface area contributed by atoms with E-state index in [4.69, 9.17) is 0 Å². The lowest BCUT2D eigenvalue weighted by atomic mass is 10.2. The van der Waals surface area contributed by atoms with E-state index in [-0.39, 0.29) is 11.3 Å². The van der Waals surface area contributed by atoms with Crippen LogP contribution in [0.25, 0.3) is 6.08 Å². The number of non-ortho nitro benzene ring substituents is 1. The van der Waals surface area contributed by atoms with Crippen molar-refractivity contribution < 1.29 is 9.72 Å². The van der Waals surface area contributed by atoms with Gasteiger partial charge in [0.1, 0.15) is 0 Å². The number of anilines is 1. The van der Waals surface area contributed by atoms with Crippen LogP contribution in [0.5, 0.6) is 0 Å². The van der Waals surface area contributed by atoms with Crippen LogP contribution in [-0.2, 0) is 0 Å². The standard InChI is InChI=1S/C18H18N4O3/c1-21(2)16-10-8-14(9-11-16)5-4-12-19-20-18(23)15-6-3-7-17(13-15)22(24)25/h3-13H,1-2H3,(H,20,23)/b5-4+,19-12+. The first-order chi connectivity index (χ1) is 12.0. The molecule has 2 rings (SSSR count). The maximum atomic E-state index is 11.9. The van der Waals surface area contributed by atoms with Crippen molar-refractivity contribution in [3.8, 4) is 0 Å². The van der Waals surface area contributed by atoms with Crippen LogP contribution in [0.2, 0.25) is 0 Å². The fraction of sp³-hybridized carbons (Fsp3) is 0.111. The first-order valence-corrected chi connectivity index (χ1v) is 7.49. The van der Waals surface area contributed by atoms with Crippen LogP contribution >= 0.6 is 0 Å². The Hall–Kier alpha value is -3.48. The Bertz CT molecular complexity index is 811. The molecule has 0 aromatic heterocycles. The Kier molecular flexibility index (Phi) is 6.00. The number of nitro benzene ring substituents is 1. The summed E-state index contributed by atoms with van der Waals surface area (Å²) in [6.07, 6.45) is 4.98. The first-order valence-electron chi connectivity index (χ1n) is 7.49. The summed E-state index contributed by atoms with van der Waals surface area (Å²) < 4.78 is 0. The van der Waals surface area contributed by atoms with Gasteiger partial charge in [-0.05, 0) is 29.8 Å². The molecule has 128 valence electrons. The van der Waals surface area contributed by atoms with E-state index in [2.05, 4.69) is 10.5 Å². The summed E-state index contributed by atoms with van der Waals surface area (Å²) in [5.74, 6) is -0.510. The molecule has 0 aliphatic heterocycles. The van der Waals surface area contributed by atoms with Crippen molar-refractivity contribution in [3.63, 3.8) is 0 Å². The highest BCUT2D eigenvalue weighted by Crippen LogP contribution is 2.13. The number of amides is 1. The van der Waals surface area contributed by atoms with Crippen LogP contribution in [0.4, 0.5) is 11.4 Å². The maximum Gasteiger partial charge on any atom is 0.271 e. The minimum atomic E-state index is -0.551. The number of hydrogen-bond donors (Lipinski definition) is 1. The molecule has 0 bridgehead atoms. The van der Waals surface area contributed by atoms with E-state index in [1.54, 1.807) is 6.08 Å². The number of carbonyl (C=O) groups excluding carboxylic acids is 1. The van der Waals surface area contributed by atoms with Crippen LogP contribution in [0.3, 0.4) is 0 Å². The van der Waals surface area contributed by atoms with Crippen molar-refractivity contribution in [2.24, 2.45) is 5.10 Å². The second kappa shape index (κ2) is 8.39. The average Bonchev–Trinajstić information content (AvgIpc) is 2.61. The van der Waals surface area contributed by atoms with Crippen LogP contribution in [-0.4, -0.2) is 31.1 Å². The number of nitro groups is 1. The van der Waals surface area contributed by atoms with E-state index in [0.29, 0.717) is 0 Å². The molecule has 25 heavy (non-hydrogen) atoms. The second-order valence-electron chi connectivity index (χ2n) is 5.37. The molecule has 0 aliphatic carbocycles. The van der Waals surface area contributed by atoms with Gasteiger partial charge in [0.15, 0.2) is 0 Å². The molecule has 0 radical (unpaired) electrons. The third-order valence-corrected chi connectivity index (χ3v) is 3.34. The van der Waals surface area contributed by atoms with Gasteiger partial charge in [-0.15, -0.1) is 0 Å². The summed E-state index contributed by atoms with van der Waals surface area (Å²) in [5, 5.41) is 14.5. The summed E-state index contributed by atoms with van der Waals surface area (Å²) in [6, 6.07) is 13.4. The van der Waals surface area contributed by atoms with E-state index < -0.39 is 10.8 Å². The molecule has 1 amide bonds. The first kappa shape index (κ1) is 17.9. The Labute approximate surface area is 145 Å². The highest BCUT2D eigenvalue weighted by molar-refractivity contribution is 5.95. The molecular formula is C18H18N4O3. The highest BCUT2D eigenvalue weighted by Gasteiger charge is 2.10. The molecule has 0 saturated carbocycles. The quantitative estimate of drug-likeness (QED) is 0.498. The van der Waals surface area contributed by atoms with Gasteiger partial charge in [-0.25, -0.2) is 5.43 Å². The Morgan fingerprint density at radius 2 is 1.92 bits per heavy atom. The predicted molar refractivity (Wildman–Crippen MR) is 98.9 cm³/mol. The van der Waals surface area contributed by atoms with E-state index in [1.165, 1.54) is 30.5 Å². The Morgan fingerprint density at radius 3 is 2.56 bits per heavy atom. The monoisotopic (exact) mass is 338 g/mol. The molecule has 7 nitrogen and oxygen atoms in total. The van der Waals surface area contributed by atoms with Crippen LogP contribution < -0.4 is 10.3 Å². The van der Waals surface area contributed by atoms with Gasteiger partial charge in [-0.1, -0.05) is 24.3 Å². The summed E-state index contributed by atoms with van der Waals surface area (Å²) in [7, 11) is 3.95. The molecule has 0 unspecified atom stereocenters. The fourth-order valence-electron chi connectivity index (χ4n) is 2.00. The zero-order valence-corrected chi connectivity index (χ0v) is 13.9. The van der Waals surface area contributed by atoms with Crippen LogP contribution in [0.1, 0.15) is 15.9 Å². The Morgan fingerprint density at radius 1 is 1.20 bits per heavy atom. The highest BCUT2D eigenvalue weighted by atomic mass is 16.6. The molecule has 0 heterocycles. The number of nitrogens with one attached hydrogen (secondary N) is 1. The third-order valence-electron chi connectivity index (χ3n) is 3.34. The molecule has 2 aromatic rings. The molecule has 0 atom stereocenters. The van der Waals surface area contributed by atoms with Gasteiger partial charge in [0.05, 0.1) is 4.92 Å². The average molecular weight is 338 g/mol. The second-order valence-corrected chi connectivity index (χ2v) is 5.37. The third kappa shape index (κ3) is 5.28. The van der Waals surface area contributed by atoms with Gasteiger partial charge in [0.25, 0.3) is 11.6 Å². The number of hydrazone groups is 1. The van der Waals surface area contributed by atoms with E-state index in [9.17, 15) is 14.9 Å². The van der Waals surface area contributed by atoms with Crippen LogP contribution in [0.15, 0.2) is 59.7 Å². The van der Waals surface area contributed by atoms with Gasteiger partial charge in [0, 0.05) is 43.7 Å². The predicted octanol–water partition coefficient (Wildman–Crippen LogP) is 3.09. The maximum absolute atomic E-state index is 11.9. The van der Waals surface area contributed by atoms with Crippen molar-refractivity contribution in [3.05, 3.63) is 75.8 Å². The lowest BCUT2D eigenvalue weighted by Gasteiger charge is -2.11. The number of allylic oxidation sites excluding steroid dienone is 1. The van der Waals surface area contributed by atoms with Gasteiger partial charge >= 0.3 is 0 Å². The zero-order chi connectivity index (χ0) is 18.2. The molecule has 0 aliphatic rings. The van der Waals surface area contributed by atoms with E-state index in [0.717, 1.165) is 11.3 Å². The summed E-state index contributed by atoms with van der Waals surface area (Å²) >= 11 is 0. The largest absolute Gasteiger partial charge is 0.378 e.